The van der Waals surface area contributed by atoms with Crippen molar-refractivity contribution < 1.29 is 13.9 Å². The number of furan rings is 1. The van der Waals surface area contributed by atoms with Crippen LogP contribution in [0.5, 0.6) is 5.75 Å². The molecule has 0 radical (unpaired) electrons. The molecule has 0 aliphatic carbocycles. The number of piperidine rings is 1. The predicted octanol–water partition coefficient (Wildman–Crippen LogP) is 4.47. The molecule has 3 aromatic rings. The lowest BCUT2D eigenvalue weighted by molar-refractivity contribution is 0.0654. The number of hydrogen-bond acceptors (Lipinski definition) is 4. The number of ether oxygens (including phenoxy) is 1. The highest BCUT2D eigenvalue weighted by molar-refractivity contribution is 5.99. The lowest BCUT2D eigenvalue weighted by atomic mass is 9.93. The first-order chi connectivity index (χ1) is 14.3. The van der Waals surface area contributed by atoms with Gasteiger partial charge in [-0.1, -0.05) is 36.4 Å². The average Bonchev–Trinajstić information content (AvgIpc) is 3.15. The molecule has 0 saturated carbocycles. The van der Waals surface area contributed by atoms with Gasteiger partial charge in [-0.05, 0) is 57.0 Å². The Hall–Kier alpha value is -2.79. The number of rotatable bonds is 7. The second-order valence-electron chi connectivity index (χ2n) is 7.64. The summed E-state index contributed by atoms with van der Waals surface area (Å²) in [6.45, 7) is 2.90. The molecule has 1 aliphatic heterocycles. The van der Waals surface area contributed by atoms with Crippen molar-refractivity contribution in [2.24, 2.45) is 5.92 Å². The van der Waals surface area contributed by atoms with Gasteiger partial charge in [0.1, 0.15) is 17.9 Å². The molecule has 0 unspecified atom stereocenters. The highest BCUT2D eigenvalue weighted by Crippen LogP contribution is 2.30. The van der Waals surface area contributed by atoms with Gasteiger partial charge in [0.2, 0.25) is 0 Å². The number of nitrogens with zero attached hydrogens (tertiary/aromatic N) is 1. The maximum absolute atomic E-state index is 13.3. The SMILES string of the molecule is CNCCC1CCN(C(=O)c2oc3ccccc3c2COc2ccccc2)CC1. The number of carbonyl (C=O) groups excluding carboxylic acids is 1. The Morgan fingerprint density at radius 1 is 1.10 bits per heavy atom. The van der Waals surface area contributed by atoms with E-state index in [1.54, 1.807) is 0 Å². The van der Waals surface area contributed by atoms with Crippen LogP contribution >= 0.6 is 0 Å². The first-order valence-electron chi connectivity index (χ1n) is 10.4. The molecule has 2 heterocycles. The van der Waals surface area contributed by atoms with E-state index in [0.29, 0.717) is 18.3 Å². The second-order valence-corrected chi connectivity index (χ2v) is 7.64. The summed E-state index contributed by atoms with van der Waals surface area (Å²) in [6, 6.07) is 17.4. The van der Waals surface area contributed by atoms with Crippen molar-refractivity contribution in [3.8, 4) is 5.75 Å². The third-order valence-corrected chi connectivity index (χ3v) is 5.72. The summed E-state index contributed by atoms with van der Waals surface area (Å²) in [7, 11) is 1.99. The van der Waals surface area contributed by atoms with Crippen LogP contribution in [0.1, 0.15) is 35.4 Å². The van der Waals surface area contributed by atoms with Gasteiger partial charge in [0.15, 0.2) is 5.76 Å². The van der Waals surface area contributed by atoms with Gasteiger partial charge in [0.05, 0.1) is 0 Å². The quantitative estimate of drug-likeness (QED) is 0.644. The lowest BCUT2D eigenvalue weighted by Gasteiger charge is -2.31. The molecule has 1 aromatic heterocycles. The number of fused-ring (bicyclic) bond motifs is 1. The van der Waals surface area contributed by atoms with E-state index in [1.807, 2.05) is 66.5 Å². The minimum atomic E-state index is -0.0278. The molecular weight excluding hydrogens is 364 g/mol. The zero-order valence-electron chi connectivity index (χ0n) is 16.9. The number of likely N-dealkylation sites (tertiary alicyclic amines) is 1. The van der Waals surface area contributed by atoms with Gasteiger partial charge in [-0.15, -0.1) is 0 Å². The molecule has 2 aromatic carbocycles. The highest BCUT2D eigenvalue weighted by atomic mass is 16.5. The van der Waals surface area contributed by atoms with Crippen molar-refractivity contribution in [2.75, 3.05) is 26.7 Å². The molecule has 4 rings (SSSR count). The van der Waals surface area contributed by atoms with E-state index in [9.17, 15) is 4.79 Å². The largest absolute Gasteiger partial charge is 0.489 e. The summed E-state index contributed by atoms with van der Waals surface area (Å²) < 4.78 is 12.0. The van der Waals surface area contributed by atoms with Crippen LogP contribution in [0.15, 0.2) is 59.0 Å². The molecule has 5 nitrogen and oxygen atoms in total. The van der Waals surface area contributed by atoms with E-state index >= 15 is 0 Å². The van der Waals surface area contributed by atoms with Gasteiger partial charge in [-0.3, -0.25) is 4.79 Å². The average molecular weight is 392 g/mol. The van der Waals surface area contributed by atoms with Crippen LogP contribution in [-0.2, 0) is 6.61 Å². The van der Waals surface area contributed by atoms with Gasteiger partial charge in [-0.2, -0.15) is 0 Å². The predicted molar refractivity (Wildman–Crippen MR) is 114 cm³/mol. The summed E-state index contributed by atoms with van der Waals surface area (Å²) in [6.07, 6.45) is 3.26. The second kappa shape index (κ2) is 9.14. The van der Waals surface area contributed by atoms with Crippen LogP contribution in [0.2, 0.25) is 0 Å². The summed E-state index contributed by atoms with van der Waals surface area (Å²) in [4.78, 5) is 15.2. The van der Waals surface area contributed by atoms with Crippen LogP contribution in [-0.4, -0.2) is 37.5 Å². The molecular formula is C24H28N2O3. The Balaban J connectivity index is 1.52. The third kappa shape index (κ3) is 4.46. The molecule has 0 atom stereocenters. The molecule has 0 spiro atoms. The van der Waals surface area contributed by atoms with Crippen LogP contribution in [0, 0.1) is 5.92 Å². The third-order valence-electron chi connectivity index (χ3n) is 5.72. The van der Waals surface area contributed by atoms with Crippen molar-refractivity contribution in [1.82, 2.24) is 10.2 Å². The number of amides is 1. The van der Waals surface area contributed by atoms with Crippen LogP contribution in [0.3, 0.4) is 0 Å². The van der Waals surface area contributed by atoms with Crippen LogP contribution < -0.4 is 10.1 Å². The van der Waals surface area contributed by atoms with Gasteiger partial charge in [0, 0.05) is 24.0 Å². The van der Waals surface area contributed by atoms with E-state index in [-0.39, 0.29) is 5.91 Å². The minimum absolute atomic E-state index is 0.0278. The van der Waals surface area contributed by atoms with E-state index in [0.717, 1.165) is 54.8 Å². The van der Waals surface area contributed by atoms with E-state index in [1.165, 1.54) is 6.42 Å². The Morgan fingerprint density at radius 3 is 2.59 bits per heavy atom. The number of nitrogens with one attached hydrogen (secondary N) is 1. The molecule has 29 heavy (non-hydrogen) atoms. The molecule has 1 saturated heterocycles. The van der Waals surface area contributed by atoms with Crippen molar-refractivity contribution in [2.45, 2.75) is 25.9 Å². The van der Waals surface area contributed by atoms with Gasteiger partial charge in [-0.25, -0.2) is 0 Å². The molecule has 1 aliphatic rings. The molecule has 1 fully saturated rings. The van der Waals surface area contributed by atoms with E-state index in [4.69, 9.17) is 9.15 Å². The summed E-state index contributed by atoms with van der Waals surface area (Å²) in [5.41, 5.74) is 1.55. The van der Waals surface area contributed by atoms with Gasteiger partial charge < -0.3 is 19.4 Å². The molecule has 0 bridgehead atoms. The Bertz CT molecular complexity index is 943. The smallest absolute Gasteiger partial charge is 0.290 e. The summed E-state index contributed by atoms with van der Waals surface area (Å²) in [5.74, 6) is 1.85. The normalized spacial score (nSPS) is 15.0. The Labute approximate surface area is 171 Å². The first-order valence-corrected chi connectivity index (χ1v) is 10.4. The molecule has 152 valence electrons. The van der Waals surface area contributed by atoms with Crippen molar-refractivity contribution in [3.63, 3.8) is 0 Å². The highest BCUT2D eigenvalue weighted by Gasteiger charge is 2.28. The topological polar surface area (TPSA) is 54.7 Å². The monoisotopic (exact) mass is 392 g/mol. The standard InChI is InChI=1S/C24H28N2O3/c1-25-14-11-18-12-15-26(16-13-18)24(27)23-21(17-28-19-7-3-2-4-8-19)20-9-5-6-10-22(20)29-23/h2-10,18,25H,11-17H2,1H3. The Morgan fingerprint density at radius 2 is 1.83 bits per heavy atom. The van der Waals surface area contributed by atoms with Crippen molar-refractivity contribution in [3.05, 3.63) is 65.9 Å². The first kappa shape index (κ1) is 19.5. The molecule has 1 N–H and O–H groups in total. The lowest BCUT2D eigenvalue weighted by Crippen LogP contribution is -2.39. The van der Waals surface area contributed by atoms with Gasteiger partial charge >= 0.3 is 0 Å². The molecule has 1 amide bonds. The maximum atomic E-state index is 13.3. The molecule has 5 heteroatoms. The number of para-hydroxylation sites is 2. The van der Waals surface area contributed by atoms with E-state index in [2.05, 4.69) is 5.32 Å². The minimum Gasteiger partial charge on any atom is -0.489 e. The fraction of sp³-hybridized carbons (Fsp3) is 0.375. The number of hydrogen-bond donors (Lipinski definition) is 1. The number of benzene rings is 2. The summed E-state index contributed by atoms with van der Waals surface area (Å²) >= 11 is 0. The fourth-order valence-corrected chi connectivity index (χ4v) is 4.00. The van der Waals surface area contributed by atoms with Crippen molar-refractivity contribution in [1.29, 1.82) is 0 Å². The van der Waals surface area contributed by atoms with Crippen molar-refractivity contribution >= 4 is 16.9 Å². The zero-order valence-corrected chi connectivity index (χ0v) is 16.9. The fourth-order valence-electron chi connectivity index (χ4n) is 4.00. The maximum Gasteiger partial charge on any atom is 0.290 e. The Kier molecular flexibility index (Phi) is 6.15. The van der Waals surface area contributed by atoms with Gasteiger partial charge in [0.25, 0.3) is 5.91 Å². The van der Waals surface area contributed by atoms with Crippen LogP contribution in [0.25, 0.3) is 11.0 Å². The van der Waals surface area contributed by atoms with E-state index < -0.39 is 0 Å². The number of carbonyl (C=O) groups is 1. The van der Waals surface area contributed by atoms with Crippen LogP contribution in [0.4, 0.5) is 0 Å². The zero-order chi connectivity index (χ0) is 20.1. The summed E-state index contributed by atoms with van der Waals surface area (Å²) in [5, 5.41) is 4.16.